The lowest BCUT2D eigenvalue weighted by atomic mass is 9.94. The number of amides is 2. The molecule has 112 valence electrons. The minimum Gasteiger partial charge on any atom is -0.474 e. The largest absolute Gasteiger partial charge is 0.474 e. The van der Waals surface area contributed by atoms with Gasteiger partial charge >= 0.3 is 0 Å². The molecule has 1 rings (SSSR count). The number of hydrogen-bond donors (Lipinski definition) is 2. The third-order valence-electron chi connectivity index (χ3n) is 2.95. The van der Waals surface area contributed by atoms with Crippen LogP contribution in [0.3, 0.4) is 0 Å². The predicted octanol–water partition coefficient (Wildman–Crippen LogP) is 1.09. The molecule has 7 heteroatoms. The first-order chi connectivity index (χ1) is 9.26. The van der Waals surface area contributed by atoms with Crippen LogP contribution in [0, 0.1) is 5.41 Å². The molecule has 0 spiro atoms. The molecule has 1 aromatic rings. The van der Waals surface area contributed by atoms with Crippen molar-refractivity contribution in [3.05, 3.63) is 11.8 Å². The lowest BCUT2D eigenvalue weighted by Crippen LogP contribution is -2.36. The van der Waals surface area contributed by atoms with E-state index in [2.05, 4.69) is 10.5 Å². The van der Waals surface area contributed by atoms with E-state index in [4.69, 9.17) is 15.0 Å². The Morgan fingerprint density at radius 2 is 2.20 bits per heavy atom. The summed E-state index contributed by atoms with van der Waals surface area (Å²) in [6, 6.07) is 1.43. The van der Waals surface area contributed by atoms with Crippen LogP contribution in [0.25, 0.3) is 0 Å². The zero-order valence-corrected chi connectivity index (χ0v) is 12.2. The van der Waals surface area contributed by atoms with Crippen LogP contribution in [0.2, 0.25) is 0 Å². The second kappa shape index (κ2) is 6.40. The minimum absolute atomic E-state index is 0.0470. The number of carbonyl (C=O) groups excluding carboxylic acids is 2. The molecule has 1 atom stereocenters. The van der Waals surface area contributed by atoms with Gasteiger partial charge in [0.2, 0.25) is 11.7 Å². The van der Waals surface area contributed by atoms with Crippen molar-refractivity contribution in [3.63, 3.8) is 0 Å². The molecule has 1 aromatic heterocycles. The summed E-state index contributed by atoms with van der Waals surface area (Å²) in [4.78, 5) is 22.9. The number of nitrogens with one attached hydrogen (secondary N) is 1. The van der Waals surface area contributed by atoms with Gasteiger partial charge < -0.3 is 20.3 Å². The average molecular weight is 283 g/mol. The molecule has 3 N–H and O–H groups in total. The van der Waals surface area contributed by atoms with Crippen LogP contribution in [0.1, 0.15) is 44.7 Å². The molecule has 0 saturated carbocycles. The molecule has 0 aliphatic rings. The molecule has 1 heterocycles. The van der Waals surface area contributed by atoms with E-state index in [0.29, 0.717) is 0 Å². The molecule has 0 fully saturated rings. The second-order valence-electron chi connectivity index (χ2n) is 5.35. The molecule has 0 aliphatic carbocycles. The fourth-order valence-electron chi connectivity index (χ4n) is 1.16. The Labute approximate surface area is 117 Å². The Hall–Kier alpha value is -2.05. The normalized spacial score (nSPS) is 12.8. The number of nitrogens with two attached hydrogens (primary N) is 1. The third kappa shape index (κ3) is 4.25. The Bertz CT molecular complexity index is 482. The summed E-state index contributed by atoms with van der Waals surface area (Å²) in [5.74, 6) is -0.614. The summed E-state index contributed by atoms with van der Waals surface area (Å²) in [6.45, 7) is 7.23. The lowest BCUT2D eigenvalue weighted by Gasteiger charge is -2.19. The minimum atomic E-state index is -0.821. The molecular weight excluding hydrogens is 262 g/mol. The molecule has 7 nitrogen and oxygen atoms in total. The maximum atomic E-state index is 11.8. The van der Waals surface area contributed by atoms with Crippen LogP contribution >= 0.6 is 0 Å². The van der Waals surface area contributed by atoms with Crippen LogP contribution < -0.4 is 15.8 Å². The van der Waals surface area contributed by atoms with E-state index in [9.17, 15) is 9.59 Å². The first-order valence-electron chi connectivity index (χ1n) is 6.46. The molecule has 0 aromatic carbocycles. The lowest BCUT2D eigenvalue weighted by molar-refractivity contribution is -0.127. The Balaban J connectivity index is 2.60. The molecular formula is C13H21N3O4. The molecule has 0 bridgehead atoms. The van der Waals surface area contributed by atoms with E-state index in [1.165, 1.54) is 6.07 Å². The topological polar surface area (TPSA) is 107 Å². The van der Waals surface area contributed by atoms with Crippen molar-refractivity contribution in [3.8, 4) is 5.88 Å². The summed E-state index contributed by atoms with van der Waals surface area (Å²) in [6.07, 6.45) is 0.816. The zero-order valence-electron chi connectivity index (χ0n) is 12.2. The van der Waals surface area contributed by atoms with E-state index in [0.717, 1.165) is 6.42 Å². The maximum absolute atomic E-state index is 11.8. The van der Waals surface area contributed by atoms with Gasteiger partial charge in [-0.3, -0.25) is 9.59 Å². The smallest absolute Gasteiger partial charge is 0.290 e. The number of primary amides is 1. The number of hydrogen-bond acceptors (Lipinski definition) is 5. The SMILES string of the molecule is CCC(C)NC(=O)c1cc(OCC(C)(C)C(N)=O)no1. The van der Waals surface area contributed by atoms with Crippen molar-refractivity contribution in [2.75, 3.05) is 6.61 Å². The van der Waals surface area contributed by atoms with Crippen molar-refractivity contribution in [1.29, 1.82) is 0 Å². The van der Waals surface area contributed by atoms with Crippen molar-refractivity contribution in [1.82, 2.24) is 10.5 Å². The van der Waals surface area contributed by atoms with E-state index >= 15 is 0 Å². The predicted molar refractivity (Wildman–Crippen MR) is 72.2 cm³/mol. The first-order valence-corrected chi connectivity index (χ1v) is 6.46. The molecule has 1 unspecified atom stereocenters. The number of aromatic nitrogens is 1. The average Bonchev–Trinajstić information content (AvgIpc) is 2.85. The second-order valence-corrected chi connectivity index (χ2v) is 5.35. The highest BCUT2D eigenvalue weighted by Gasteiger charge is 2.26. The highest BCUT2D eigenvalue weighted by molar-refractivity contribution is 5.91. The molecule has 0 saturated heterocycles. The van der Waals surface area contributed by atoms with Crippen LogP contribution in [0.4, 0.5) is 0 Å². The van der Waals surface area contributed by atoms with Crippen molar-refractivity contribution < 1.29 is 18.8 Å². The first kappa shape index (κ1) is 16.0. The van der Waals surface area contributed by atoms with Gasteiger partial charge in [-0.1, -0.05) is 6.92 Å². The van der Waals surface area contributed by atoms with Crippen LogP contribution in [-0.4, -0.2) is 29.6 Å². The van der Waals surface area contributed by atoms with E-state index in [-0.39, 0.29) is 30.2 Å². The van der Waals surface area contributed by atoms with Crippen molar-refractivity contribution >= 4 is 11.8 Å². The van der Waals surface area contributed by atoms with Crippen LogP contribution in [0.15, 0.2) is 10.6 Å². The highest BCUT2D eigenvalue weighted by Crippen LogP contribution is 2.18. The summed E-state index contributed by atoms with van der Waals surface area (Å²) < 4.78 is 10.2. The van der Waals surface area contributed by atoms with Crippen LogP contribution in [0.5, 0.6) is 5.88 Å². The van der Waals surface area contributed by atoms with Crippen LogP contribution in [-0.2, 0) is 4.79 Å². The Morgan fingerprint density at radius 1 is 1.55 bits per heavy atom. The summed E-state index contributed by atoms with van der Waals surface area (Å²) in [5, 5.41) is 6.37. The molecule has 20 heavy (non-hydrogen) atoms. The molecule has 0 radical (unpaired) electrons. The Kier molecular flexibility index (Phi) is 5.12. The standard InChI is InChI=1S/C13H21N3O4/c1-5-8(2)15-11(17)9-6-10(16-20-9)19-7-13(3,4)12(14)18/h6,8H,5,7H2,1-4H3,(H2,14,18)(H,15,17). The summed E-state index contributed by atoms with van der Waals surface area (Å²) >= 11 is 0. The number of rotatable bonds is 7. The number of nitrogens with zero attached hydrogens (tertiary/aromatic N) is 1. The van der Waals surface area contributed by atoms with Gasteiger partial charge in [-0.2, -0.15) is 0 Å². The summed E-state index contributed by atoms with van der Waals surface area (Å²) in [5.41, 5.74) is 4.41. The number of carbonyl (C=O) groups is 2. The fourth-order valence-corrected chi connectivity index (χ4v) is 1.16. The molecule has 2 amide bonds. The molecule has 0 aliphatic heterocycles. The van der Waals surface area contributed by atoms with Gasteiger partial charge in [-0.05, 0) is 32.3 Å². The van der Waals surface area contributed by atoms with Gasteiger partial charge in [0, 0.05) is 6.04 Å². The van der Waals surface area contributed by atoms with Crippen molar-refractivity contribution in [2.24, 2.45) is 11.1 Å². The van der Waals surface area contributed by atoms with Gasteiger partial charge in [0.25, 0.3) is 11.8 Å². The third-order valence-corrected chi connectivity index (χ3v) is 2.95. The maximum Gasteiger partial charge on any atom is 0.290 e. The van der Waals surface area contributed by atoms with Gasteiger partial charge in [-0.25, -0.2) is 0 Å². The van der Waals surface area contributed by atoms with E-state index < -0.39 is 11.3 Å². The van der Waals surface area contributed by atoms with Gasteiger partial charge in [-0.15, -0.1) is 0 Å². The number of ether oxygens (including phenoxy) is 1. The monoisotopic (exact) mass is 283 g/mol. The zero-order chi connectivity index (χ0) is 15.3. The highest BCUT2D eigenvalue weighted by atomic mass is 16.5. The van der Waals surface area contributed by atoms with Gasteiger partial charge in [0.05, 0.1) is 11.5 Å². The van der Waals surface area contributed by atoms with Crippen molar-refractivity contribution in [2.45, 2.75) is 40.2 Å². The van der Waals surface area contributed by atoms with Gasteiger partial charge in [0.1, 0.15) is 6.61 Å². The van der Waals surface area contributed by atoms with Gasteiger partial charge in [0.15, 0.2) is 0 Å². The fraction of sp³-hybridized carbons (Fsp3) is 0.615. The summed E-state index contributed by atoms with van der Waals surface area (Å²) in [7, 11) is 0. The Morgan fingerprint density at radius 3 is 2.75 bits per heavy atom. The van der Waals surface area contributed by atoms with E-state index in [1.54, 1.807) is 13.8 Å². The van der Waals surface area contributed by atoms with E-state index in [1.807, 2.05) is 13.8 Å². The quantitative estimate of drug-likeness (QED) is 0.779.